The Morgan fingerprint density at radius 2 is 1.98 bits per heavy atom. The molecule has 2 bridgehead atoms. The van der Waals surface area contributed by atoms with Crippen LogP contribution in [0.4, 0.5) is 10.1 Å². The number of carbonyl (C=O) groups is 3. The summed E-state index contributed by atoms with van der Waals surface area (Å²) in [4.78, 5) is 45.4. The predicted octanol–water partition coefficient (Wildman–Crippen LogP) is 6.25. The zero-order valence-corrected chi connectivity index (χ0v) is 25.9. The smallest absolute Gasteiger partial charge is 0.309 e. The highest BCUT2D eigenvalue weighted by molar-refractivity contribution is 6.31. The van der Waals surface area contributed by atoms with Gasteiger partial charge in [-0.3, -0.25) is 14.4 Å². The van der Waals surface area contributed by atoms with E-state index in [0.717, 1.165) is 0 Å². The molecule has 2 aliphatic rings. The molecule has 3 heterocycles. The van der Waals surface area contributed by atoms with Gasteiger partial charge in [0.05, 0.1) is 49.0 Å². The van der Waals surface area contributed by atoms with E-state index in [4.69, 9.17) is 26.1 Å². The summed E-state index contributed by atoms with van der Waals surface area (Å²) < 4.78 is 25.4. The number of ether oxygens (including phenoxy) is 2. The molecule has 2 aliphatic heterocycles. The van der Waals surface area contributed by atoms with Crippen LogP contribution in [0.15, 0.2) is 48.5 Å². The molecule has 0 aliphatic carbocycles. The average Bonchev–Trinajstić information content (AvgIpc) is 3.03. The molecule has 11 heteroatoms. The van der Waals surface area contributed by atoms with Gasteiger partial charge in [-0.2, -0.15) is 5.26 Å². The normalized spacial score (nSPS) is 18.4. The zero-order valence-electron chi connectivity index (χ0n) is 25.2. The number of nitrogens with one attached hydrogen (secondary N) is 1. The van der Waals surface area contributed by atoms with Crippen LogP contribution in [0.2, 0.25) is 5.02 Å². The maximum absolute atomic E-state index is 15.1. The molecular weight excluding hydrogens is 599 g/mol. The van der Waals surface area contributed by atoms with Gasteiger partial charge in [-0.1, -0.05) is 37.1 Å². The molecular formula is C34H32ClFN4O5. The van der Waals surface area contributed by atoms with Crippen molar-refractivity contribution in [3.63, 3.8) is 0 Å². The molecule has 3 aromatic rings. The molecule has 232 valence electrons. The number of amides is 2. The maximum Gasteiger partial charge on any atom is 0.309 e. The van der Waals surface area contributed by atoms with E-state index in [1.807, 2.05) is 25.1 Å². The van der Waals surface area contributed by atoms with Gasteiger partial charge >= 0.3 is 5.97 Å². The number of pyridine rings is 1. The first-order valence-corrected chi connectivity index (χ1v) is 15.0. The monoisotopic (exact) mass is 630 g/mol. The zero-order chi connectivity index (χ0) is 32.2. The summed E-state index contributed by atoms with van der Waals surface area (Å²) in [5.74, 6) is -1.64. The van der Waals surface area contributed by atoms with E-state index in [1.54, 1.807) is 23.1 Å². The lowest BCUT2D eigenvalue weighted by Gasteiger charge is -2.35. The number of methoxy groups -OCH3 is 2. The third-order valence-corrected chi connectivity index (χ3v) is 8.57. The second kappa shape index (κ2) is 13.5. The largest absolute Gasteiger partial charge is 0.481 e. The van der Waals surface area contributed by atoms with E-state index in [2.05, 4.69) is 5.32 Å². The molecule has 45 heavy (non-hydrogen) atoms. The van der Waals surface area contributed by atoms with Crippen LogP contribution >= 0.6 is 11.6 Å². The Hall–Kier alpha value is -4.75. The SMILES string of the molecule is COC(=O)Cc1ccc2c(c1)NC(=O)[C@H](C)CCC[C@H](N1CCC(c3c(C#N)ccc(Cl)c3F)=CC1=O)c1cc-2cc(OC)n1. The minimum absolute atomic E-state index is 0.0431. The Morgan fingerprint density at radius 1 is 1.18 bits per heavy atom. The molecule has 0 radical (unpaired) electrons. The third kappa shape index (κ3) is 6.69. The fraction of sp³-hybridized carbons (Fsp3) is 0.324. The standard InChI is InChI=1S/C34H32ClFN4O5/c1-19-5-4-6-28(40-12-11-21(17-30(40)41)32-22(18-37)8-10-25(35)33(32)36)27-15-23(16-29(38-27)44-2)24-9-7-20(14-31(42)45-3)13-26(24)39-34(19)43/h7-10,13,15-17,19,28H,4-6,11-12,14H2,1-3H3,(H,39,43)/t19-,28+/m1/s1. The number of halogens is 2. The van der Waals surface area contributed by atoms with E-state index in [0.29, 0.717) is 65.2 Å². The first kappa shape index (κ1) is 31.7. The van der Waals surface area contributed by atoms with Crippen molar-refractivity contribution in [2.75, 3.05) is 26.1 Å². The summed E-state index contributed by atoms with van der Waals surface area (Å²) in [7, 11) is 2.83. The molecule has 0 fully saturated rings. The fourth-order valence-corrected chi connectivity index (χ4v) is 6.00. The average molecular weight is 631 g/mol. The van der Waals surface area contributed by atoms with Crippen molar-refractivity contribution >= 4 is 40.6 Å². The van der Waals surface area contributed by atoms with Gasteiger partial charge in [-0.25, -0.2) is 9.37 Å². The van der Waals surface area contributed by atoms with Gasteiger partial charge in [0.15, 0.2) is 5.82 Å². The number of carbonyl (C=O) groups excluding carboxylic acids is 3. The lowest BCUT2D eigenvalue weighted by molar-refractivity contribution is -0.139. The van der Waals surface area contributed by atoms with E-state index in [9.17, 15) is 19.6 Å². The Morgan fingerprint density at radius 3 is 2.69 bits per heavy atom. The number of nitrogens with zero attached hydrogens (tertiary/aromatic N) is 3. The van der Waals surface area contributed by atoms with Crippen molar-refractivity contribution < 1.29 is 28.2 Å². The molecule has 2 aromatic carbocycles. The number of benzene rings is 2. The molecule has 5 rings (SSSR count). The van der Waals surface area contributed by atoms with Crippen molar-refractivity contribution in [2.24, 2.45) is 5.92 Å². The third-order valence-electron chi connectivity index (χ3n) is 8.28. The molecule has 1 aromatic heterocycles. The fourth-order valence-electron chi connectivity index (χ4n) is 5.84. The molecule has 2 amide bonds. The van der Waals surface area contributed by atoms with Gasteiger partial charge in [0.1, 0.15) is 0 Å². The molecule has 2 atom stereocenters. The Labute approximate surface area is 265 Å². The quantitative estimate of drug-likeness (QED) is 0.331. The number of nitriles is 1. The van der Waals surface area contributed by atoms with Crippen molar-refractivity contribution in [3.8, 4) is 23.1 Å². The number of hydrogen-bond acceptors (Lipinski definition) is 7. The summed E-state index contributed by atoms with van der Waals surface area (Å²) in [6.07, 6.45) is 3.40. The number of rotatable bonds is 5. The highest BCUT2D eigenvalue weighted by atomic mass is 35.5. The van der Waals surface area contributed by atoms with E-state index >= 15 is 4.39 Å². The molecule has 0 saturated carbocycles. The molecule has 0 spiro atoms. The number of anilines is 1. The van der Waals surface area contributed by atoms with Gasteiger partial charge in [-0.15, -0.1) is 0 Å². The van der Waals surface area contributed by atoms with Gasteiger partial charge in [0, 0.05) is 41.4 Å². The van der Waals surface area contributed by atoms with Crippen LogP contribution in [0, 0.1) is 23.1 Å². The van der Waals surface area contributed by atoms with Crippen LogP contribution in [0.3, 0.4) is 0 Å². The lowest BCUT2D eigenvalue weighted by Crippen LogP contribution is -2.38. The first-order valence-electron chi connectivity index (χ1n) is 14.6. The highest BCUT2D eigenvalue weighted by Crippen LogP contribution is 2.39. The number of aromatic nitrogens is 1. The van der Waals surface area contributed by atoms with Gasteiger partial charge in [0.25, 0.3) is 0 Å². The Balaban J connectivity index is 1.58. The second-order valence-electron chi connectivity index (χ2n) is 11.1. The molecule has 9 nitrogen and oxygen atoms in total. The van der Waals surface area contributed by atoms with E-state index < -0.39 is 17.8 Å². The Kier molecular flexibility index (Phi) is 9.49. The molecule has 0 unspecified atom stereocenters. The lowest BCUT2D eigenvalue weighted by atomic mass is 9.91. The van der Waals surface area contributed by atoms with Crippen molar-refractivity contribution in [3.05, 3.63) is 81.8 Å². The van der Waals surface area contributed by atoms with Crippen LogP contribution in [-0.2, 0) is 25.5 Å². The number of hydrogen-bond donors (Lipinski definition) is 1. The highest BCUT2D eigenvalue weighted by Gasteiger charge is 2.32. The van der Waals surface area contributed by atoms with Gasteiger partial charge < -0.3 is 19.7 Å². The first-order chi connectivity index (χ1) is 21.6. The van der Waals surface area contributed by atoms with Crippen LogP contribution < -0.4 is 10.1 Å². The van der Waals surface area contributed by atoms with Gasteiger partial charge in [-0.05, 0) is 60.2 Å². The summed E-state index contributed by atoms with van der Waals surface area (Å²) in [5.41, 5.74) is 3.76. The topological polar surface area (TPSA) is 122 Å². The summed E-state index contributed by atoms with van der Waals surface area (Å²) >= 11 is 6.02. The maximum atomic E-state index is 15.1. The van der Waals surface area contributed by atoms with Crippen LogP contribution in [-0.4, -0.2) is 48.4 Å². The minimum atomic E-state index is -0.728. The van der Waals surface area contributed by atoms with E-state index in [-0.39, 0.29) is 46.8 Å². The van der Waals surface area contributed by atoms with Crippen molar-refractivity contribution in [1.29, 1.82) is 5.26 Å². The summed E-state index contributed by atoms with van der Waals surface area (Å²) in [6, 6.07) is 13.3. The minimum Gasteiger partial charge on any atom is -0.481 e. The van der Waals surface area contributed by atoms with Crippen molar-refractivity contribution in [2.45, 2.75) is 45.1 Å². The Bertz CT molecular complexity index is 1750. The summed E-state index contributed by atoms with van der Waals surface area (Å²) in [5, 5.41) is 12.5. The van der Waals surface area contributed by atoms with Crippen molar-refractivity contribution in [1.82, 2.24) is 9.88 Å². The summed E-state index contributed by atoms with van der Waals surface area (Å²) in [6.45, 7) is 2.10. The van der Waals surface area contributed by atoms with Crippen LogP contribution in [0.5, 0.6) is 5.88 Å². The number of esters is 1. The van der Waals surface area contributed by atoms with Gasteiger partial charge in [0.2, 0.25) is 17.7 Å². The molecule has 0 saturated heterocycles. The molecule has 1 N–H and O–H groups in total. The number of fused-ring (bicyclic) bond motifs is 4. The second-order valence-corrected chi connectivity index (χ2v) is 11.5. The van der Waals surface area contributed by atoms with Crippen LogP contribution in [0.25, 0.3) is 16.7 Å². The predicted molar refractivity (Wildman–Crippen MR) is 167 cm³/mol. The van der Waals surface area contributed by atoms with E-state index in [1.165, 1.54) is 32.4 Å². The van der Waals surface area contributed by atoms with Crippen LogP contribution in [0.1, 0.15) is 61.0 Å².